The van der Waals surface area contributed by atoms with Gasteiger partial charge in [-0.3, -0.25) is 0 Å². The van der Waals surface area contributed by atoms with E-state index in [2.05, 4.69) is 4.74 Å². The number of fused-ring (bicyclic) bond motifs is 1. The van der Waals surface area contributed by atoms with E-state index in [9.17, 15) is 18.4 Å². The average molecular weight is 332 g/mol. The van der Waals surface area contributed by atoms with Crippen molar-refractivity contribution < 1.29 is 27.5 Å². The summed E-state index contributed by atoms with van der Waals surface area (Å²) in [5.74, 6) is -0.752. The van der Waals surface area contributed by atoms with Gasteiger partial charge in [0.15, 0.2) is 0 Å². The van der Waals surface area contributed by atoms with Crippen LogP contribution in [-0.4, -0.2) is 12.6 Å². The van der Waals surface area contributed by atoms with E-state index in [1.807, 2.05) is 0 Å². The molecule has 24 heavy (non-hydrogen) atoms. The smallest absolute Gasteiger partial charge is 0.387 e. The second-order valence-electron chi connectivity index (χ2n) is 4.75. The molecule has 7 heteroatoms. The van der Waals surface area contributed by atoms with Gasteiger partial charge in [0.25, 0.3) is 0 Å². The van der Waals surface area contributed by atoms with E-state index >= 15 is 0 Å². The summed E-state index contributed by atoms with van der Waals surface area (Å²) in [4.78, 5) is 23.3. The maximum Gasteiger partial charge on any atom is 0.387 e. The van der Waals surface area contributed by atoms with Crippen LogP contribution in [0.2, 0.25) is 0 Å². The maximum absolute atomic E-state index is 12.2. The lowest BCUT2D eigenvalue weighted by atomic mass is 10.2. The Morgan fingerprint density at radius 3 is 2.58 bits per heavy atom. The molecule has 0 bridgehead atoms. The van der Waals surface area contributed by atoms with E-state index in [4.69, 9.17) is 9.15 Å². The zero-order valence-electron chi connectivity index (χ0n) is 12.1. The van der Waals surface area contributed by atoms with Gasteiger partial charge < -0.3 is 13.9 Å². The topological polar surface area (TPSA) is 65.7 Å². The third kappa shape index (κ3) is 3.57. The van der Waals surface area contributed by atoms with Crippen LogP contribution in [0.5, 0.6) is 11.5 Å². The summed E-state index contributed by atoms with van der Waals surface area (Å²) in [6.45, 7) is -2.99. The highest BCUT2D eigenvalue weighted by molar-refractivity contribution is 5.92. The second-order valence-corrected chi connectivity index (χ2v) is 4.75. The van der Waals surface area contributed by atoms with Gasteiger partial charge in [0.05, 0.1) is 5.56 Å². The fraction of sp³-hybridized carbons (Fsp3) is 0.0588. The van der Waals surface area contributed by atoms with E-state index in [-0.39, 0.29) is 22.6 Å². The highest BCUT2D eigenvalue weighted by Crippen LogP contribution is 2.22. The van der Waals surface area contributed by atoms with Gasteiger partial charge in [-0.15, -0.1) is 0 Å². The highest BCUT2D eigenvalue weighted by atomic mass is 19.3. The number of carbonyl (C=O) groups is 1. The Bertz CT molecular complexity index is 949. The van der Waals surface area contributed by atoms with Crippen LogP contribution in [0.3, 0.4) is 0 Å². The molecule has 0 spiro atoms. The first kappa shape index (κ1) is 15.7. The normalized spacial score (nSPS) is 10.8. The zero-order valence-corrected chi connectivity index (χ0v) is 12.1. The summed E-state index contributed by atoms with van der Waals surface area (Å²) < 4.78 is 38.8. The Labute approximate surface area is 134 Å². The summed E-state index contributed by atoms with van der Waals surface area (Å²) in [7, 11) is 0. The van der Waals surface area contributed by atoms with E-state index in [0.29, 0.717) is 5.39 Å². The number of hydrogen-bond acceptors (Lipinski definition) is 5. The SMILES string of the molecule is O=C(Oc1ccc2ccc(=O)oc2c1)c1cccc(OC(F)F)c1. The Morgan fingerprint density at radius 1 is 1.00 bits per heavy atom. The van der Waals surface area contributed by atoms with Crippen molar-refractivity contribution in [2.75, 3.05) is 0 Å². The molecular weight excluding hydrogens is 322 g/mol. The highest BCUT2D eigenvalue weighted by Gasteiger charge is 2.12. The summed E-state index contributed by atoms with van der Waals surface area (Å²) in [5.41, 5.74) is -0.215. The van der Waals surface area contributed by atoms with Crippen LogP contribution in [0.1, 0.15) is 10.4 Å². The molecule has 0 atom stereocenters. The van der Waals surface area contributed by atoms with Crippen LogP contribution < -0.4 is 15.1 Å². The van der Waals surface area contributed by atoms with Crippen LogP contribution in [0, 0.1) is 0 Å². The first-order valence-corrected chi connectivity index (χ1v) is 6.82. The first-order valence-electron chi connectivity index (χ1n) is 6.82. The summed E-state index contributed by atoms with van der Waals surface area (Å²) in [6.07, 6.45) is 0. The molecule has 0 aliphatic heterocycles. The van der Waals surface area contributed by atoms with Gasteiger partial charge >= 0.3 is 18.2 Å². The lowest BCUT2D eigenvalue weighted by molar-refractivity contribution is -0.0499. The van der Waals surface area contributed by atoms with Gasteiger partial charge in [0.1, 0.15) is 17.1 Å². The van der Waals surface area contributed by atoms with Crippen molar-refractivity contribution in [2.45, 2.75) is 6.61 Å². The van der Waals surface area contributed by atoms with Gasteiger partial charge in [0.2, 0.25) is 0 Å². The Kier molecular flexibility index (Phi) is 4.24. The predicted molar refractivity (Wildman–Crippen MR) is 80.5 cm³/mol. The van der Waals surface area contributed by atoms with Gasteiger partial charge in [-0.2, -0.15) is 8.78 Å². The quantitative estimate of drug-likeness (QED) is 0.415. The second kappa shape index (κ2) is 6.49. The van der Waals surface area contributed by atoms with Gasteiger partial charge in [-0.25, -0.2) is 9.59 Å². The lowest BCUT2D eigenvalue weighted by Crippen LogP contribution is -2.09. The summed E-state index contributed by atoms with van der Waals surface area (Å²) in [6, 6.07) is 12.7. The molecule has 3 rings (SSSR count). The minimum absolute atomic E-state index is 0.0442. The van der Waals surface area contributed by atoms with Crippen molar-refractivity contribution in [1.82, 2.24) is 0 Å². The number of hydrogen-bond donors (Lipinski definition) is 0. The number of esters is 1. The predicted octanol–water partition coefficient (Wildman–Crippen LogP) is 3.61. The molecule has 0 saturated heterocycles. The zero-order chi connectivity index (χ0) is 17.1. The van der Waals surface area contributed by atoms with Crippen molar-refractivity contribution in [3.05, 3.63) is 70.6 Å². The van der Waals surface area contributed by atoms with Crippen molar-refractivity contribution in [1.29, 1.82) is 0 Å². The van der Waals surface area contributed by atoms with Crippen molar-refractivity contribution in [3.63, 3.8) is 0 Å². The van der Waals surface area contributed by atoms with E-state index in [1.54, 1.807) is 12.1 Å². The molecule has 122 valence electrons. The molecule has 0 fully saturated rings. The molecular formula is C17H10F2O5. The van der Waals surface area contributed by atoms with Crippen molar-refractivity contribution in [3.8, 4) is 11.5 Å². The number of halogens is 2. The Hall–Kier alpha value is -3.22. The van der Waals surface area contributed by atoms with Crippen molar-refractivity contribution >= 4 is 16.9 Å². The molecule has 1 heterocycles. The Morgan fingerprint density at radius 2 is 1.79 bits per heavy atom. The van der Waals surface area contributed by atoms with Gasteiger partial charge in [-0.1, -0.05) is 6.07 Å². The molecule has 5 nitrogen and oxygen atoms in total. The third-order valence-electron chi connectivity index (χ3n) is 3.10. The molecule has 0 aliphatic carbocycles. The summed E-state index contributed by atoms with van der Waals surface area (Å²) >= 11 is 0. The molecule has 0 amide bonds. The third-order valence-corrected chi connectivity index (χ3v) is 3.10. The Balaban J connectivity index is 1.83. The van der Waals surface area contributed by atoms with Crippen LogP contribution in [0.25, 0.3) is 11.0 Å². The summed E-state index contributed by atoms with van der Waals surface area (Å²) in [5, 5.41) is 0.668. The van der Waals surface area contributed by atoms with E-state index in [0.717, 1.165) is 6.07 Å². The molecule has 2 aromatic carbocycles. The molecule has 0 N–H and O–H groups in total. The standard InChI is InChI=1S/C17H10F2O5/c18-17(19)23-12-3-1-2-11(8-12)16(21)22-13-6-4-10-5-7-15(20)24-14(10)9-13/h1-9,17H. The number of ether oxygens (including phenoxy) is 2. The van der Waals surface area contributed by atoms with Crippen LogP contribution in [0.4, 0.5) is 8.78 Å². The molecule has 0 radical (unpaired) electrons. The average Bonchev–Trinajstić information content (AvgIpc) is 2.54. The van der Waals surface area contributed by atoms with E-state index in [1.165, 1.54) is 36.4 Å². The molecule has 3 aromatic rings. The van der Waals surface area contributed by atoms with Crippen molar-refractivity contribution in [2.24, 2.45) is 0 Å². The number of rotatable bonds is 4. The van der Waals surface area contributed by atoms with Crippen LogP contribution in [-0.2, 0) is 0 Å². The molecule has 1 aromatic heterocycles. The maximum atomic E-state index is 12.2. The molecule has 0 unspecified atom stereocenters. The fourth-order valence-corrected chi connectivity index (χ4v) is 2.07. The number of benzene rings is 2. The van der Waals surface area contributed by atoms with Crippen LogP contribution >= 0.6 is 0 Å². The lowest BCUT2D eigenvalue weighted by Gasteiger charge is -2.07. The monoisotopic (exact) mass is 332 g/mol. The first-order chi connectivity index (χ1) is 11.5. The van der Waals surface area contributed by atoms with E-state index < -0.39 is 18.2 Å². The molecule has 0 aliphatic rings. The minimum Gasteiger partial charge on any atom is -0.435 e. The minimum atomic E-state index is -2.99. The molecule has 0 saturated carbocycles. The van der Waals surface area contributed by atoms with Crippen LogP contribution in [0.15, 0.2) is 63.8 Å². The van der Waals surface area contributed by atoms with Gasteiger partial charge in [-0.05, 0) is 36.4 Å². The number of carbonyl (C=O) groups excluding carboxylic acids is 1. The number of alkyl halides is 2. The van der Waals surface area contributed by atoms with Gasteiger partial charge in [0, 0.05) is 17.5 Å². The fourth-order valence-electron chi connectivity index (χ4n) is 2.07. The largest absolute Gasteiger partial charge is 0.435 e.